The lowest BCUT2D eigenvalue weighted by atomic mass is 10.3. The highest BCUT2D eigenvalue weighted by molar-refractivity contribution is 7.53. The molecule has 0 aliphatic carbocycles. The highest BCUT2D eigenvalue weighted by atomic mass is 35.5. The van der Waals surface area contributed by atoms with E-state index in [4.69, 9.17) is 32.2 Å². The Bertz CT molecular complexity index is 579. The molecule has 0 heterocycles. The van der Waals surface area contributed by atoms with E-state index in [1.54, 1.807) is 48.5 Å². The summed E-state index contributed by atoms with van der Waals surface area (Å²) in [6.45, 7) is 1.36. The molecule has 0 saturated carbocycles. The summed E-state index contributed by atoms with van der Waals surface area (Å²) in [5.74, 6) is 0.615. The van der Waals surface area contributed by atoms with Gasteiger partial charge in [0.2, 0.25) is 0 Å². The molecule has 0 aliphatic rings. The van der Waals surface area contributed by atoms with Crippen LogP contribution < -0.4 is 9.05 Å². The van der Waals surface area contributed by atoms with Crippen molar-refractivity contribution in [3.05, 3.63) is 58.6 Å². The molecule has 19 heavy (non-hydrogen) atoms. The Morgan fingerprint density at radius 2 is 1.21 bits per heavy atom. The van der Waals surface area contributed by atoms with Gasteiger partial charge in [-0.3, -0.25) is 0 Å². The molecule has 0 fully saturated rings. The Hall–Kier alpha value is -1.15. The van der Waals surface area contributed by atoms with Crippen LogP contribution in [-0.4, -0.2) is 6.66 Å². The molecule has 0 aromatic heterocycles. The zero-order valence-corrected chi connectivity index (χ0v) is 12.5. The molecule has 0 atom stereocenters. The maximum Gasteiger partial charge on any atom is 0.427 e. The third kappa shape index (κ3) is 3.90. The Balaban J connectivity index is 2.18. The monoisotopic (exact) mass is 316 g/mol. The summed E-state index contributed by atoms with van der Waals surface area (Å²) in [7, 11) is -3.36. The Kier molecular flexibility index (Phi) is 4.41. The van der Waals surface area contributed by atoms with Gasteiger partial charge >= 0.3 is 7.60 Å². The van der Waals surface area contributed by atoms with Crippen molar-refractivity contribution in [3.63, 3.8) is 0 Å². The molecule has 0 aliphatic heterocycles. The van der Waals surface area contributed by atoms with Crippen LogP contribution in [0, 0.1) is 0 Å². The van der Waals surface area contributed by atoms with E-state index in [2.05, 4.69) is 0 Å². The fourth-order valence-electron chi connectivity index (χ4n) is 1.41. The van der Waals surface area contributed by atoms with E-state index in [1.165, 1.54) is 6.66 Å². The lowest BCUT2D eigenvalue weighted by molar-refractivity contribution is 0.393. The van der Waals surface area contributed by atoms with Crippen molar-refractivity contribution < 1.29 is 13.6 Å². The maximum absolute atomic E-state index is 12.3. The lowest BCUT2D eigenvalue weighted by Gasteiger charge is -2.17. The number of benzene rings is 2. The molecule has 2 aromatic rings. The van der Waals surface area contributed by atoms with Gasteiger partial charge in [-0.05, 0) is 24.3 Å². The van der Waals surface area contributed by atoms with Crippen LogP contribution in [0.3, 0.4) is 0 Å². The van der Waals surface area contributed by atoms with Crippen molar-refractivity contribution in [2.45, 2.75) is 0 Å². The average Bonchev–Trinajstić information content (AvgIpc) is 2.35. The summed E-state index contributed by atoms with van der Waals surface area (Å²) in [4.78, 5) is 0. The molecule has 0 bridgehead atoms. The van der Waals surface area contributed by atoms with E-state index in [0.29, 0.717) is 21.5 Å². The molecule has 2 rings (SSSR count). The Morgan fingerprint density at radius 1 is 0.842 bits per heavy atom. The largest absolute Gasteiger partial charge is 0.427 e. The smallest absolute Gasteiger partial charge is 0.415 e. The molecule has 0 amide bonds. The van der Waals surface area contributed by atoms with Gasteiger partial charge in [-0.2, -0.15) is 0 Å². The zero-order valence-electron chi connectivity index (χ0n) is 10.0. The minimum absolute atomic E-state index is 0.307. The van der Waals surface area contributed by atoms with Gasteiger partial charge in [0.05, 0.1) is 16.7 Å². The third-order valence-corrected chi connectivity index (χ3v) is 3.88. The van der Waals surface area contributed by atoms with Crippen LogP contribution in [0.2, 0.25) is 10.0 Å². The highest BCUT2D eigenvalue weighted by Gasteiger charge is 2.22. The van der Waals surface area contributed by atoms with Gasteiger partial charge < -0.3 is 9.05 Å². The van der Waals surface area contributed by atoms with Crippen molar-refractivity contribution in [2.75, 3.05) is 6.66 Å². The van der Waals surface area contributed by atoms with Crippen molar-refractivity contribution in [1.29, 1.82) is 0 Å². The molecular formula is C13H11Cl2O3P. The molecule has 0 N–H and O–H groups in total. The van der Waals surface area contributed by atoms with Crippen molar-refractivity contribution in [2.24, 2.45) is 0 Å². The second kappa shape index (κ2) is 5.87. The van der Waals surface area contributed by atoms with Crippen LogP contribution in [0.15, 0.2) is 48.5 Å². The van der Waals surface area contributed by atoms with Crippen LogP contribution in [-0.2, 0) is 4.57 Å². The van der Waals surface area contributed by atoms with Gasteiger partial charge in [-0.1, -0.05) is 47.5 Å². The first-order chi connectivity index (χ1) is 8.98. The van der Waals surface area contributed by atoms with Crippen molar-refractivity contribution in [1.82, 2.24) is 0 Å². The molecule has 0 radical (unpaired) electrons. The number of rotatable bonds is 4. The molecule has 6 heteroatoms. The second-order valence-electron chi connectivity index (χ2n) is 3.81. The van der Waals surface area contributed by atoms with Gasteiger partial charge in [-0.25, -0.2) is 4.57 Å². The molecular weight excluding hydrogens is 306 g/mol. The van der Waals surface area contributed by atoms with Gasteiger partial charge in [0.25, 0.3) is 0 Å². The topological polar surface area (TPSA) is 35.5 Å². The maximum atomic E-state index is 12.3. The molecule has 0 unspecified atom stereocenters. The highest BCUT2D eigenvalue weighted by Crippen LogP contribution is 2.47. The average molecular weight is 317 g/mol. The van der Waals surface area contributed by atoms with E-state index < -0.39 is 7.60 Å². The molecule has 3 nitrogen and oxygen atoms in total. The van der Waals surface area contributed by atoms with Crippen LogP contribution in [0.1, 0.15) is 0 Å². The summed E-state index contributed by atoms with van der Waals surface area (Å²) in [6, 6.07) is 13.5. The molecule has 0 saturated heterocycles. The summed E-state index contributed by atoms with van der Waals surface area (Å²) in [5.41, 5.74) is 0. The Morgan fingerprint density at radius 3 is 1.58 bits per heavy atom. The predicted molar refractivity (Wildman–Crippen MR) is 77.7 cm³/mol. The van der Waals surface area contributed by atoms with Gasteiger partial charge in [0.1, 0.15) is 11.5 Å². The first-order valence-electron chi connectivity index (χ1n) is 5.44. The normalized spacial score (nSPS) is 11.1. The van der Waals surface area contributed by atoms with Gasteiger partial charge in [-0.15, -0.1) is 0 Å². The zero-order chi connectivity index (χ0) is 13.9. The summed E-state index contributed by atoms with van der Waals surface area (Å²) in [5, 5.41) is 0.736. The fraction of sp³-hybridized carbons (Fsp3) is 0.0769. The minimum atomic E-state index is -3.36. The number of halogens is 2. The molecule has 0 spiro atoms. The number of hydrogen-bond donors (Lipinski definition) is 0. The predicted octanol–water partition coefficient (Wildman–Crippen LogP) is 5.27. The van der Waals surface area contributed by atoms with Crippen molar-refractivity contribution >= 4 is 30.8 Å². The van der Waals surface area contributed by atoms with Crippen LogP contribution in [0.4, 0.5) is 0 Å². The fourth-order valence-corrected chi connectivity index (χ4v) is 2.94. The van der Waals surface area contributed by atoms with Crippen molar-refractivity contribution in [3.8, 4) is 11.5 Å². The third-order valence-electron chi connectivity index (χ3n) is 2.20. The Labute approximate surface area is 121 Å². The van der Waals surface area contributed by atoms with E-state index in [0.717, 1.165) is 0 Å². The van der Waals surface area contributed by atoms with E-state index in [-0.39, 0.29) is 0 Å². The summed E-state index contributed by atoms with van der Waals surface area (Å²) >= 11 is 11.9. The van der Waals surface area contributed by atoms with Crippen LogP contribution >= 0.6 is 30.8 Å². The summed E-state index contributed by atoms with van der Waals surface area (Å²) < 4.78 is 23.0. The second-order valence-corrected chi connectivity index (χ2v) is 6.54. The standard InChI is InChI=1S/C13H11Cl2O3P/c1-19(16,17-12-8-4-2-6-10(12)14)18-13-9-5-3-7-11(13)15/h2-9H,1H3. The quantitative estimate of drug-likeness (QED) is 0.720. The first kappa shape index (κ1) is 14.3. The minimum Gasteiger partial charge on any atom is -0.415 e. The lowest BCUT2D eigenvalue weighted by Crippen LogP contribution is -1.99. The number of para-hydroxylation sites is 2. The van der Waals surface area contributed by atoms with Gasteiger partial charge in [0.15, 0.2) is 0 Å². The van der Waals surface area contributed by atoms with E-state index in [9.17, 15) is 4.57 Å². The van der Waals surface area contributed by atoms with Crippen LogP contribution in [0.25, 0.3) is 0 Å². The van der Waals surface area contributed by atoms with Gasteiger partial charge in [0, 0.05) is 0 Å². The first-order valence-corrected chi connectivity index (χ1v) is 8.18. The van der Waals surface area contributed by atoms with Crippen LogP contribution in [0.5, 0.6) is 11.5 Å². The number of hydrogen-bond acceptors (Lipinski definition) is 3. The summed E-state index contributed by atoms with van der Waals surface area (Å²) in [6.07, 6.45) is 0. The molecule has 100 valence electrons. The SMILES string of the molecule is CP(=O)(Oc1ccccc1Cl)Oc1ccccc1Cl. The van der Waals surface area contributed by atoms with E-state index in [1.807, 2.05) is 0 Å². The molecule has 2 aromatic carbocycles. The van der Waals surface area contributed by atoms with E-state index >= 15 is 0 Å².